The number of phenolic OH excluding ortho intramolecular Hbond substituents is 1. The Morgan fingerprint density at radius 3 is 2.67 bits per heavy atom. The molecule has 0 aromatic heterocycles. The van der Waals surface area contributed by atoms with E-state index in [-0.39, 0.29) is 11.8 Å². The second kappa shape index (κ2) is 3.81. The highest BCUT2D eigenvalue weighted by Crippen LogP contribution is 2.39. The topological polar surface area (TPSA) is 46.2 Å². The standard InChI is InChI=1S/C12H16FNO/c1-7-5-9(12(15)10(13)6-7)11(14)8-3-2-4-8/h5-6,8,11,15H,2-4,14H2,1H3/t11-/m0/s1. The third-order valence-corrected chi connectivity index (χ3v) is 3.25. The number of benzene rings is 1. The van der Waals surface area contributed by atoms with Crippen LogP contribution in [0.15, 0.2) is 12.1 Å². The van der Waals surface area contributed by atoms with Gasteiger partial charge < -0.3 is 10.8 Å². The molecule has 0 amide bonds. The van der Waals surface area contributed by atoms with E-state index in [9.17, 15) is 9.50 Å². The van der Waals surface area contributed by atoms with Gasteiger partial charge in [-0.15, -0.1) is 0 Å². The van der Waals surface area contributed by atoms with E-state index in [0.29, 0.717) is 11.5 Å². The maximum Gasteiger partial charge on any atom is 0.165 e. The Balaban J connectivity index is 2.33. The summed E-state index contributed by atoms with van der Waals surface area (Å²) in [7, 11) is 0. The molecule has 0 unspecified atom stereocenters. The highest BCUT2D eigenvalue weighted by molar-refractivity contribution is 5.39. The lowest BCUT2D eigenvalue weighted by molar-refractivity contribution is 0.259. The quantitative estimate of drug-likeness (QED) is 0.786. The fourth-order valence-electron chi connectivity index (χ4n) is 2.07. The van der Waals surface area contributed by atoms with Crippen molar-refractivity contribution < 1.29 is 9.50 Å². The number of rotatable bonds is 2. The van der Waals surface area contributed by atoms with E-state index < -0.39 is 5.82 Å². The highest BCUT2D eigenvalue weighted by Gasteiger charge is 2.28. The van der Waals surface area contributed by atoms with Crippen LogP contribution in [-0.4, -0.2) is 5.11 Å². The van der Waals surface area contributed by atoms with Gasteiger partial charge in [0.05, 0.1) is 0 Å². The van der Waals surface area contributed by atoms with E-state index in [1.807, 2.05) is 0 Å². The first-order chi connectivity index (χ1) is 7.09. The Morgan fingerprint density at radius 2 is 2.13 bits per heavy atom. The van der Waals surface area contributed by atoms with Crippen molar-refractivity contribution in [3.05, 3.63) is 29.1 Å². The lowest BCUT2D eigenvalue weighted by Crippen LogP contribution is -2.27. The van der Waals surface area contributed by atoms with Crippen LogP contribution in [0, 0.1) is 18.7 Å². The van der Waals surface area contributed by atoms with Crippen LogP contribution >= 0.6 is 0 Å². The van der Waals surface area contributed by atoms with Crippen LogP contribution in [0.25, 0.3) is 0 Å². The molecule has 0 spiro atoms. The molecular weight excluding hydrogens is 193 g/mol. The Bertz CT molecular complexity index is 374. The lowest BCUT2D eigenvalue weighted by atomic mass is 9.77. The van der Waals surface area contributed by atoms with Gasteiger partial charge in [-0.3, -0.25) is 0 Å². The van der Waals surface area contributed by atoms with Gasteiger partial charge in [0.25, 0.3) is 0 Å². The molecule has 2 nitrogen and oxygen atoms in total. The molecule has 1 saturated carbocycles. The van der Waals surface area contributed by atoms with E-state index in [1.165, 1.54) is 12.5 Å². The minimum absolute atomic E-state index is 0.229. The minimum atomic E-state index is -0.570. The average Bonchev–Trinajstić information content (AvgIpc) is 2.08. The molecule has 82 valence electrons. The fraction of sp³-hybridized carbons (Fsp3) is 0.500. The van der Waals surface area contributed by atoms with Gasteiger partial charge >= 0.3 is 0 Å². The summed E-state index contributed by atoms with van der Waals surface area (Å²) in [5.41, 5.74) is 7.37. The molecule has 0 radical (unpaired) electrons. The van der Waals surface area contributed by atoms with Crippen LogP contribution in [0.1, 0.15) is 36.4 Å². The van der Waals surface area contributed by atoms with Crippen LogP contribution in [0.5, 0.6) is 5.75 Å². The van der Waals surface area contributed by atoms with Crippen molar-refractivity contribution in [2.24, 2.45) is 11.7 Å². The van der Waals surface area contributed by atoms with Gasteiger partial charge in [-0.25, -0.2) is 4.39 Å². The van der Waals surface area contributed by atoms with Gasteiger partial charge in [-0.2, -0.15) is 0 Å². The van der Waals surface area contributed by atoms with Gasteiger partial charge in [-0.1, -0.05) is 12.5 Å². The first-order valence-electron chi connectivity index (χ1n) is 5.34. The van der Waals surface area contributed by atoms with Gasteiger partial charge in [0, 0.05) is 11.6 Å². The number of hydrogen-bond donors (Lipinski definition) is 2. The number of nitrogens with two attached hydrogens (primary N) is 1. The fourth-order valence-corrected chi connectivity index (χ4v) is 2.07. The smallest absolute Gasteiger partial charge is 0.165 e. The van der Waals surface area contributed by atoms with Gasteiger partial charge in [0.1, 0.15) is 0 Å². The summed E-state index contributed by atoms with van der Waals surface area (Å²) in [5, 5.41) is 9.61. The molecule has 1 aliphatic carbocycles. The summed E-state index contributed by atoms with van der Waals surface area (Å²) in [4.78, 5) is 0. The molecule has 1 aromatic rings. The average molecular weight is 209 g/mol. The van der Waals surface area contributed by atoms with Crippen molar-refractivity contribution in [3.8, 4) is 5.75 Å². The van der Waals surface area contributed by atoms with E-state index >= 15 is 0 Å². The second-order valence-electron chi connectivity index (χ2n) is 4.40. The zero-order chi connectivity index (χ0) is 11.0. The Morgan fingerprint density at radius 1 is 1.47 bits per heavy atom. The molecule has 1 fully saturated rings. The summed E-state index contributed by atoms with van der Waals surface area (Å²) >= 11 is 0. The van der Waals surface area contributed by atoms with Gasteiger partial charge in [0.15, 0.2) is 11.6 Å². The van der Waals surface area contributed by atoms with Crippen molar-refractivity contribution >= 4 is 0 Å². The van der Waals surface area contributed by atoms with Crippen LogP contribution in [0.3, 0.4) is 0 Å². The number of halogens is 1. The summed E-state index contributed by atoms with van der Waals surface area (Å²) in [5.74, 6) is -0.447. The lowest BCUT2D eigenvalue weighted by Gasteiger charge is -2.31. The molecule has 0 saturated heterocycles. The predicted molar refractivity (Wildman–Crippen MR) is 57.1 cm³/mol. The molecular formula is C12H16FNO. The molecule has 1 aromatic carbocycles. The monoisotopic (exact) mass is 209 g/mol. The summed E-state index contributed by atoms with van der Waals surface area (Å²) < 4.78 is 13.3. The molecule has 0 aliphatic heterocycles. The predicted octanol–water partition coefficient (Wildman–Crippen LogP) is 2.64. The van der Waals surface area contributed by atoms with Crippen molar-refractivity contribution in [2.45, 2.75) is 32.2 Å². The number of aromatic hydroxyl groups is 1. The maximum atomic E-state index is 13.3. The summed E-state index contributed by atoms with van der Waals surface area (Å²) in [6, 6.07) is 2.88. The zero-order valence-corrected chi connectivity index (χ0v) is 8.83. The van der Waals surface area contributed by atoms with Crippen molar-refractivity contribution in [1.29, 1.82) is 0 Å². The third kappa shape index (κ3) is 1.84. The second-order valence-corrected chi connectivity index (χ2v) is 4.40. The van der Waals surface area contributed by atoms with E-state index in [1.54, 1.807) is 13.0 Å². The first kappa shape index (κ1) is 10.4. The van der Waals surface area contributed by atoms with Crippen LogP contribution < -0.4 is 5.73 Å². The molecule has 0 bridgehead atoms. The van der Waals surface area contributed by atoms with Crippen molar-refractivity contribution in [2.75, 3.05) is 0 Å². The molecule has 3 N–H and O–H groups in total. The van der Waals surface area contributed by atoms with Crippen LogP contribution in [-0.2, 0) is 0 Å². The van der Waals surface area contributed by atoms with Crippen molar-refractivity contribution in [3.63, 3.8) is 0 Å². The molecule has 2 rings (SSSR count). The Kier molecular flexibility index (Phi) is 2.65. The first-order valence-corrected chi connectivity index (χ1v) is 5.34. The molecule has 3 heteroatoms. The Hall–Kier alpha value is -1.09. The van der Waals surface area contributed by atoms with E-state index in [2.05, 4.69) is 0 Å². The summed E-state index contributed by atoms with van der Waals surface area (Å²) in [6.07, 6.45) is 3.35. The third-order valence-electron chi connectivity index (χ3n) is 3.25. The molecule has 1 atom stereocenters. The molecule has 1 aliphatic rings. The minimum Gasteiger partial charge on any atom is -0.505 e. The normalized spacial score (nSPS) is 18.6. The number of aryl methyl sites for hydroxylation is 1. The van der Waals surface area contributed by atoms with Gasteiger partial charge in [-0.05, 0) is 37.3 Å². The highest BCUT2D eigenvalue weighted by atomic mass is 19.1. The molecule has 0 heterocycles. The van der Waals surface area contributed by atoms with Crippen LogP contribution in [0.4, 0.5) is 4.39 Å². The maximum absolute atomic E-state index is 13.3. The summed E-state index contributed by atoms with van der Waals surface area (Å²) in [6.45, 7) is 1.81. The van der Waals surface area contributed by atoms with E-state index in [0.717, 1.165) is 18.4 Å². The number of phenols is 1. The van der Waals surface area contributed by atoms with Gasteiger partial charge in [0.2, 0.25) is 0 Å². The molecule has 15 heavy (non-hydrogen) atoms. The SMILES string of the molecule is Cc1cc(F)c(O)c([C@@H](N)C2CCC2)c1. The Labute approximate surface area is 88.9 Å². The van der Waals surface area contributed by atoms with Crippen molar-refractivity contribution in [1.82, 2.24) is 0 Å². The van der Waals surface area contributed by atoms with E-state index in [4.69, 9.17) is 5.73 Å². The largest absolute Gasteiger partial charge is 0.505 e. The number of hydrogen-bond acceptors (Lipinski definition) is 2. The zero-order valence-electron chi connectivity index (χ0n) is 8.83. The van der Waals surface area contributed by atoms with Crippen LogP contribution in [0.2, 0.25) is 0 Å².